The maximum atomic E-state index is 9.24. The number of rotatable bonds is 4. The molecule has 1 rings (SSSR count). The molecule has 0 saturated heterocycles. The minimum absolute atomic E-state index is 0.0745. The predicted molar refractivity (Wildman–Crippen MR) is 60.1 cm³/mol. The first-order valence-corrected chi connectivity index (χ1v) is 5.21. The number of ether oxygens (including phenoxy) is 1. The summed E-state index contributed by atoms with van der Waals surface area (Å²) in [4.78, 5) is 4.37. The molecule has 0 amide bonds. The van der Waals surface area contributed by atoms with Crippen LogP contribution in [-0.4, -0.2) is 22.8 Å². The van der Waals surface area contributed by atoms with Crippen LogP contribution in [0.5, 0.6) is 5.88 Å². The summed E-state index contributed by atoms with van der Waals surface area (Å²) in [5, 5.41) is 9.24. The minimum atomic E-state index is -0.323. The van der Waals surface area contributed by atoms with Gasteiger partial charge in [0.1, 0.15) is 0 Å². The van der Waals surface area contributed by atoms with E-state index in [1.165, 1.54) is 0 Å². The van der Waals surface area contributed by atoms with Crippen LogP contribution in [-0.2, 0) is 5.41 Å². The third kappa shape index (κ3) is 3.20. The van der Waals surface area contributed by atoms with Gasteiger partial charge in [0, 0.05) is 11.5 Å². The van der Waals surface area contributed by atoms with E-state index in [0.29, 0.717) is 5.88 Å². The molecular formula is C12H19NO2. The van der Waals surface area contributed by atoms with Gasteiger partial charge in [0.25, 0.3) is 0 Å². The van der Waals surface area contributed by atoms with Crippen molar-refractivity contribution in [3.63, 3.8) is 0 Å². The van der Waals surface area contributed by atoms with Crippen molar-refractivity contribution in [2.24, 2.45) is 0 Å². The smallest absolute Gasteiger partial charge is 0.213 e. The Bertz CT molecular complexity index is 321. The Morgan fingerprint density at radius 3 is 2.60 bits per heavy atom. The first kappa shape index (κ1) is 12.0. The molecule has 3 heteroatoms. The van der Waals surface area contributed by atoms with E-state index in [9.17, 15) is 5.11 Å². The Balaban J connectivity index is 2.92. The van der Waals surface area contributed by atoms with Gasteiger partial charge in [0.15, 0.2) is 0 Å². The molecule has 0 bridgehead atoms. The van der Waals surface area contributed by atoms with Crippen molar-refractivity contribution in [2.45, 2.75) is 39.2 Å². The van der Waals surface area contributed by atoms with E-state index in [1.807, 2.05) is 45.9 Å². The summed E-state index contributed by atoms with van der Waals surface area (Å²) in [5.41, 5.74) is 0.527. The number of hydrogen-bond acceptors (Lipinski definition) is 3. The van der Waals surface area contributed by atoms with Crippen LogP contribution in [0.4, 0.5) is 0 Å². The Kier molecular flexibility index (Phi) is 3.69. The van der Waals surface area contributed by atoms with Crippen molar-refractivity contribution >= 4 is 0 Å². The SMILES string of the molecule is CC(C)Oc1cccc(C(C)(C)CO)n1. The zero-order valence-electron chi connectivity index (χ0n) is 9.82. The molecule has 0 radical (unpaired) electrons. The monoisotopic (exact) mass is 209 g/mol. The maximum Gasteiger partial charge on any atom is 0.213 e. The minimum Gasteiger partial charge on any atom is -0.475 e. The molecule has 0 aliphatic carbocycles. The van der Waals surface area contributed by atoms with Crippen LogP contribution >= 0.6 is 0 Å². The molecule has 84 valence electrons. The van der Waals surface area contributed by atoms with Gasteiger partial charge in [-0.05, 0) is 19.9 Å². The van der Waals surface area contributed by atoms with E-state index < -0.39 is 0 Å². The predicted octanol–water partition coefficient (Wildman–Crippen LogP) is 2.14. The summed E-state index contributed by atoms with van der Waals surface area (Å²) < 4.78 is 5.50. The van der Waals surface area contributed by atoms with Gasteiger partial charge in [-0.15, -0.1) is 0 Å². The standard InChI is InChI=1S/C12H19NO2/c1-9(2)15-11-7-5-6-10(13-11)12(3,4)8-14/h5-7,9,14H,8H2,1-4H3. The lowest BCUT2D eigenvalue weighted by molar-refractivity contribution is 0.208. The van der Waals surface area contributed by atoms with E-state index in [0.717, 1.165) is 5.69 Å². The quantitative estimate of drug-likeness (QED) is 0.826. The van der Waals surface area contributed by atoms with E-state index in [-0.39, 0.29) is 18.1 Å². The maximum absolute atomic E-state index is 9.24. The third-order valence-electron chi connectivity index (χ3n) is 2.17. The summed E-state index contributed by atoms with van der Waals surface area (Å²) in [6.45, 7) is 7.91. The van der Waals surface area contributed by atoms with Gasteiger partial charge in [-0.1, -0.05) is 19.9 Å². The molecule has 0 unspecified atom stereocenters. The van der Waals surface area contributed by atoms with Crippen molar-refractivity contribution in [1.82, 2.24) is 4.98 Å². The second kappa shape index (κ2) is 4.62. The zero-order chi connectivity index (χ0) is 11.5. The second-order valence-corrected chi connectivity index (χ2v) is 4.57. The lowest BCUT2D eigenvalue weighted by Gasteiger charge is -2.21. The van der Waals surface area contributed by atoms with Crippen molar-refractivity contribution in [1.29, 1.82) is 0 Å². The van der Waals surface area contributed by atoms with Gasteiger partial charge >= 0.3 is 0 Å². The molecule has 1 heterocycles. The highest BCUT2D eigenvalue weighted by molar-refractivity contribution is 5.21. The van der Waals surface area contributed by atoms with Gasteiger partial charge < -0.3 is 9.84 Å². The fourth-order valence-corrected chi connectivity index (χ4v) is 1.18. The first-order chi connectivity index (χ1) is 6.95. The van der Waals surface area contributed by atoms with Gasteiger partial charge in [-0.25, -0.2) is 4.98 Å². The summed E-state index contributed by atoms with van der Waals surface area (Å²) in [7, 11) is 0. The largest absolute Gasteiger partial charge is 0.475 e. The fraction of sp³-hybridized carbons (Fsp3) is 0.583. The van der Waals surface area contributed by atoms with E-state index in [1.54, 1.807) is 0 Å². The average molecular weight is 209 g/mol. The second-order valence-electron chi connectivity index (χ2n) is 4.57. The van der Waals surface area contributed by atoms with Crippen molar-refractivity contribution in [3.8, 4) is 5.88 Å². The van der Waals surface area contributed by atoms with Crippen LogP contribution in [0.25, 0.3) is 0 Å². The number of pyridine rings is 1. The topological polar surface area (TPSA) is 42.4 Å². The molecular weight excluding hydrogens is 190 g/mol. The molecule has 0 aromatic carbocycles. The Labute approximate surface area is 91.1 Å². The molecule has 0 aliphatic rings. The average Bonchev–Trinajstić information content (AvgIpc) is 2.17. The fourth-order valence-electron chi connectivity index (χ4n) is 1.18. The van der Waals surface area contributed by atoms with Crippen molar-refractivity contribution in [3.05, 3.63) is 23.9 Å². The number of aliphatic hydroxyl groups excluding tert-OH is 1. The van der Waals surface area contributed by atoms with Crippen LogP contribution < -0.4 is 4.74 Å². The van der Waals surface area contributed by atoms with Gasteiger partial charge in [0.2, 0.25) is 5.88 Å². The molecule has 0 fully saturated rings. The van der Waals surface area contributed by atoms with E-state index in [4.69, 9.17) is 4.74 Å². The lowest BCUT2D eigenvalue weighted by atomic mass is 9.90. The highest BCUT2D eigenvalue weighted by atomic mass is 16.5. The summed E-state index contributed by atoms with van der Waals surface area (Å²) in [5.74, 6) is 0.615. The highest BCUT2D eigenvalue weighted by Crippen LogP contribution is 2.22. The number of nitrogens with zero attached hydrogens (tertiary/aromatic N) is 1. The Hall–Kier alpha value is -1.09. The molecule has 0 aliphatic heterocycles. The molecule has 0 atom stereocenters. The highest BCUT2D eigenvalue weighted by Gasteiger charge is 2.21. The Morgan fingerprint density at radius 1 is 1.40 bits per heavy atom. The van der Waals surface area contributed by atoms with Crippen LogP contribution in [0.3, 0.4) is 0 Å². The van der Waals surface area contributed by atoms with Crippen LogP contribution in [0.1, 0.15) is 33.4 Å². The third-order valence-corrected chi connectivity index (χ3v) is 2.17. The molecule has 15 heavy (non-hydrogen) atoms. The van der Waals surface area contributed by atoms with Crippen molar-refractivity contribution in [2.75, 3.05) is 6.61 Å². The molecule has 1 aromatic rings. The van der Waals surface area contributed by atoms with Gasteiger partial charge in [-0.2, -0.15) is 0 Å². The van der Waals surface area contributed by atoms with E-state index >= 15 is 0 Å². The normalized spacial score (nSPS) is 11.9. The molecule has 0 spiro atoms. The molecule has 3 nitrogen and oxygen atoms in total. The van der Waals surface area contributed by atoms with E-state index in [2.05, 4.69) is 4.98 Å². The molecule has 1 N–H and O–H groups in total. The van der Waals surface area contributed by atoms with Crippen molar-refractivity contribution < 1.29 is 9.84 Å². The summed E-state index contributed by atoms with van der Waals surface area (Å²) >= 11 is 0. The van der Waals surface area contributed by atoms with Gasteiger partial charge in [-0.3, -0.25) is 0 Å². The molecule has 0 saturated carbocycles. The first-order valence-electron chi connectivity index (χ1n) is 5.21. The zero-order valence-corrected chi connectivity index (χ0v) is 9.82. The molecule has 1 aromatic heterocycles. The lowest BCUT2D eigenvalue weighted by Crippen LogP contribution is -2.23. The number of aromatic nitrogens is 1. The van der Waals surface area contributed by atoms with Gasteiger partial charge in [0.05, 0.1) is 18.4 Å². The summed E-state index contributed by atoms with van der Waals surface area (Å²) in [6, 6.07) is 5.64. The van der Waals surface area contributed by atoms with Crippen LogP contribution in [0, 0.1) is 0 Å². The number of hydrogen-bond donors (Lipinski definition) is 1. The number of aliphatic hydroxyl groups is 1. The summed E-state index contributed by atoms with van der Waals surface area (Å²) in [6.07, 6.45) is 0.116. The van der Waals surface area contributed by atoms with Crippen LogP contribution in [0.2, 0.25) is 0 Å². The Morgan fingerprint density at radius 2 is 2.07 bits per heavy atom. The van der Waals surface area contributed by atoms with Crippen LogP contribution in [0.15, 0.2) is 18.2 Å².